The summed E-state index contributed by atoms with van der Waals surface area (Å²) in [5.74, 6) is 0.913. The number of carbonyl (C=O) groups is 1. The van der Waals surface area contributed by atoms with Crippen molar-refractivity contribution in [3.63, 3.8) is 0 Å². The summed E-state index contributed by atoms with van der Waals surface area (Å²) < 4.78 is 5.05. The van der Waals surface area contributed by atoms with Crippen LogP contribution in [0.4, 0.5) is 0 Å². The Balaban J connectivity index is 1.71. The number of amides is 1. The van der Waals surface area contributed by atoms with Crippen LogP contribution in [0.1, 0.15) is 46.5 Å². The molecule has 7 heteroatoms. The van der Waals surface area contributed by atoms with Gasteiger partial charge in [0.15, 0.2) is 5.82 Å². The third-order valence-corrected chi connectivity index (χ3v) is 5.78. The number of carbonyl (C=O) groups excluding carboxylic acids is 1. The molecule has 0 saturated carbocycles. The van der Waals surface area contributed by atoms with E-state index in [1.54, 1.807) is 6.33 Å². The predicted octanol–water partition coefficient (Wildman–Crippen LogP) is 3.96. The Bertz CT molecular complexity index is 1010. The minimum atomic E-state index is -0.0149. The molecule has 3 aromatic rings. The van der Waals surface area contributed by atoms with E-state index < -0.39 is 0 Å². The topological polar surface area (TPSA) is 56.0 Å². The molecule has 1 aliphatic rings. The number of rotatable bonds is 3. The van der Waals surface area contributed by atoms with Gasteiger partial charge in [0.2, 0.25) is 0 Å². The third kappa shape index (κ3) is 3.10. The number of hydrogen-bond acceptors (Lipinski definition) is 3. The lowest BCUT2D eigenvalue weighted by atomic mass is 10.1. The zero-order chi connectivity index (χ0) is 19.1. The summed E-state index contributed by atoms with van der Waals surface area (Å²) in [7, 11) is 1.93. The van der Waals surface area contributed by atoms with Gasteiger partial charge in [-0.1, -0.05) is 22.0 Å². The molecule has 1 aromatic carbocycles. The van der Waals surface area contributed by atoms with Crippen molar-refractivity contribution in [2.75, 3.05) is 6.54 Å². The van der Waals surface area contributed by atoms with Gasteiger partial charge in [0.1, 0.15) is 6.33 Å². The fraction of sp³-hybridized carbons (Fsp3) is 0.350. The summed E-state index contributed by atoms with van der Waals surface area (Å²) in [6.07, 6.45) is 3.59. The molecule has 0 unspecified atom stereocenters. The van der Waals surface area contributed by atoms with Crippen LogP contribution >= 0.6 is 15.9 Å². The van der Waals surface area contributed by atoms with Gasteiger partial charge in [-0.25, -0.2) is 0 Å². The largest absolute Gasteiger partial charge is 0.328 e. The molecule has 1 atom stereocenters. The molecule has 2 aromatic heterocycles. The minimum Gasteiger partial charge on any atom is -0.328 e. The lowest BCUT2D eigenvalue weighted by Crippen LogP contribution is -2.32. The zero-order valence-corrected chi connectivity index (χ0v) is 17.3. The van der Waals surface area contributed by atoms with Crippen molar-refractivity contribution in [3.05, 3.63) is 63.9 Å². The highest BCUT2D eigenvalue weighted by Gasteiger charge is 2.34. The van der Waals surface area contributed by atoms with E-state index in [2.05, 4.69) is 42.8 Å². The quantitative estimate of drug-likeness (QED) is 0.635. The molecule has 0 aliphatic carbocycles. The van der Waals surface area contributed by atoms with Crippen LogP contribution in [-0.4, -0.2) is 36.7 Å². The molecule has 140 valence electrons. The summed E-state index contributed by atoms with van der Waals surface area (Å²) in [6, 6.07) is 10.1. The predicted molar refractivity (Wildman–Crippen MR) is 107 cm³/mol. The van der Waals surface area contributed by atoms with Crippen molar-refractivity contribution in [2.24, 2.45) is 7.05 Å². The summed E-state index contributed by atoms with van der Waals surface area (Å²) in [6.45, 7) is 4.79. The maximum Gasteiger partial charge on any atom is 0.256 e. The fourth-order valence-corrected chi connectivity index (χ4v) is 4.41. The number of aryl methyl sites for hydroxylation is 2. The highest BCUT2D eigenvalue weighted by Crippen LogP contribution is 2.33. The molecule has 0 N–H and O–H groups in total. The first-order valence-corrected chi connectivity index (χ1v) is 9.86. The third-order valence-electron chi connectivity index (χ3n) is 5.29. The van der Waals surface area contributed by atoms with E-state index in [0.717, 1.165) is 52.3 Å². The van der Waals surface area contributed by atoms with Crippen LogP contribution in [0.3, 0.4) is 0 Å². The standard InChI is InChI=1S/C20H22BrN5O/c1-13-10-17(14(2)26(13)16-7-4-6-15(21)11-16)20(27)25-9-5-8-18(25)19-23-22-12-24(19)3/h4,6-7,10-12,18H,5,8-9H2,1-3H3/t18-/m0/s1. The van der Waals surface area contributed by atoms with E-state index in [9.17, 15) is 4.79 Å². The molecular formula is C20H22BrN5O. The first-order chi connectivity index (χ1) is 13.0. The first kappa shape index (κ1) is 18.0. The maximum absolute atomic E-state index is 13.4. The molecular weight excluding hydrogens is 406 g/mol. The summed E-state index contributed by atoms with van der Waals surface area (Å²) >= 11 is 3.53. The van der Waals surface area contributed by atoms with Gasteiger partial charge in [-0.15, -0.1) is 10.2 Å². The second-order valence-corrected chi connectivity index (χ2v) is 7.97. The van der Waals surface area contributed by atoms with Crippen LogP contribution in [0.15, 0.2) is 41.1 Å². The number of likely N-dealkylation sites (tertiary alicyclic amines) is 1. The number of hydrogen-bond donors (Lipinski definition) is 0. The van der Waals surface area contributed by atoms with E-state index in [1.807, 2.05) is 48.6 Å². The Kier molecular flexibility index (Phi) is 4.63. The smallest absolute Gasteiger partial charge is 0.256 e. The number of benzene rings is 1. The summed E-state index contributed by atoms with van der Waals surface area (Å²) in [5.41, 5.74) is 3.80. The Morgan fingerprint density at radius 3 is 2.78 bits per heavy atom. The van der Waals surface area contributed by atoms with E-state index in [4.69, 9.17) is 0 Å². The van der Waals surface area contributed by atoms with Crippen LogP contribution < -0.4 is 0 Å². The zero-order valence-electron chi connectivity index (χ0n) is 15.7. The van der Waals surface area contributed by atoms with Crippen molar-refractivity contribution in [2.45, 2.75) is 32.7 Å². The molecule has 0 bridgehead atoms. The Morgan fingerprint density at radius 2 is 2.07 bits per heavy atom. The van der Waals surface area contributed by atoms with Gasteiger partial charge < -0.3 is 14.0 Å². The molecule has 1 fully saturated rings. The van der Waals surface area contributed by atoms with E-state index in [-0.39, 0.29) is 11.9 Å². The average Bonchev–Trinajstić information content (AvgIpc) is 3.33. The Morgan fingerprint density at radius 1 is 1.26 bits per heavy atom. The molecule has 0 radical (unpaired) electrons. The van der Waals surface area contributed by atoms with Gasteiger partial charge in [-0.2, -0.15) is 0 Å². The summed E-state index contributed by atoms with van der Waals surface area (Å²) in [4.78, 5) is 15.3. The van der Waals surface area contributed by atoms with Gasteiger partial charge in [0.25, 0.3) is 5.91 Å². The van der Waals surface area contributed by atoms with Crippen LogP contribution in [0, 0.1) is 13.8 Å². The lowest BCUT2D eigenvalue weighted by Gasteiger charge is -2.24. The van der Waals surface area contributed by atoms with Gasteiger partial charge in [-0.05, 0) is 51.0 Å². The normalized spacial score (nSPS) is 16.9. The molecule has 1 aliphatic heterocycles. The second kappa shape index (κ2) is 6.96. The van der Waals surface area contributed by atoms with Crippen LogP contribution in [-0.2, 0) is 7.05 Å². The van der Waals surface area contributed by atoms with E-state index in [0.29, 0.717) is 0 Å². The Labute approximate surface area is 166 Å². The van der Waals surface area contributed by atoms with Crippen molar-refractivity contribution in [1.29, 1.82) is 0 Å². The van der Waals surface area contributed by atoms with Gasteiger partial charge in [0, 0.05) is 35.1 Å². The van der Waals surface area contributed by atoms with Gasteiger partial charge in [-0.3, -0.25) is 4.79 Å². The number of nitrogens with zero attached hydrogens (tertiary/aromatic N) is 5. The van der Waals surface area contributed by atoms with E-state index >= 15 is 0 Å². The van der Waals surface area contributed by atoms with Crippen LogP contribution in [0.2, 0.25) is 0 Å². The SMILES string of the molecule is Cc1cc(C(=O)N2CCC[C@H]2c2nncn2C)c(C)n1-c1cccc(Br)c1. The van der Waals surface area contributed by atoms with Crippen LogP contribution in [0.25, 0.3) is 5.69 Å². The highest BCUT2D eigenvalue weighted by atomic mass is 79.9. The number of aromatic nitrogens is 4. The van der Waals surface area contributed by atoms with Crippen molar-refractivity contribution in [1.82, 2.24) is 24.2 Å². The molecule has 6 nitrogen and oxygen atoms in total. The molecule has 1 saturated heterocycles. The van der Waals surface area contributed by atoms with Crippen molar-refractivity contribution >= 4 is 21.8 Å². The molecule has 1 amide bonds. The fourth-order valence-electron chi connectivity index (χ4n) is 4.02. The first-order valence-electron chi connectivity index (χ1n) is 9.07. The summed E-state index contributed by atoms with van der Waals surface area (Å²) in [5, 5.41) is 8.22. The molecule has 4 rings (SSSR count). The second-order valence-electron chi connectivity index (χ2n) is 7.06. The highest BCUT2D eigenvalue weighted by molar-refractivity contribution is 9.10. The van der Waals surface area contributed by atoms with E-state index in [1.165, 1.54) is 0 Å². The Hall–Kier alpha value is -2.41. The van der Waals surface area contributed by atoms with Gasteiger partial charge >= 0.3 is 0 Å². The maximum atomic E-state index is 13.4. The monoisotopic (exact) mass is 427 g/mol. The lowest BCUT2D eigenvalue weighted by molar-refractivity contribution is 0.0727. The average molecular weight is 428 g/mol. The number of halogens is 1. The van der Waals surface area contributed by atoms with Crippen molar-refractivity contribution < 1.29 is 4.79 Å². The molecule has 3 heterocycles. The minimum absolute atomic E-state index is 0.0149. The molecule has 27 heavy (non-hydrogen) atoms. The van der Waals surface area contributed by atoms with Gasteiger partial charge in [0.05, 0.1) is 11.6 Å². The molecule has 0 spiro atoms. The van der Waals surface area contributed by atoms with Crippen molar-refractivity contribution in [3.8, 4) is 5.69 Å². The van der Waals surface area contributed by atoms with Crippen LogP contribution in [0.5, 0.6) is 0 Å².